The molecule has 0 unspecified atom stereocenters. The van der Waals surface area contributed by atoms with E-state index in [0.29, 0.717) is 0 Å². The van der Waals surface area contributed by atoms with Crippen molar-refractivity contribution in [1.29, 1.82) is 0 Å². The van der Waals surface area contributed by atoms with Crippen LogP contribution in [-0.2, 0) is 32.5 Å². The first-order valence-corrected chi connectivity index (χ1v) is 33.6. The van der Waals surface area contributed by atoms with Crippen LogP contribution in [-0.4, -0.2) is 20.4 Å². The quantitative estimate of drug-likeness (QED) is 0.121. The summed E-state index contributed by atoms with van der Waals surface area (Å²) < 4.78 is 8.01. The van der Waals surface area contributed by atoms with Gasteiger partial charge in [0.2, 0.25) is 0 Å². The molecule has 0 spiro atoms. The molecule has 5 heterocycles. The minimum atomic E-state index is -0.219. The highest BCUT2D eigenvalue weighted by atomic mass is 15.0. The summed E-state index contributed by atoms with van der Waals surface area (Å²) in [6, 6.07) is 81.2. The van der Waals surface area contributed by atoms with Gasteiger partial charge in [0.25, 0.3) is 6.71 Å². The zero-order chi connectivity index (χ0) is 63.8. The van der Waals surface area contributed by atoms with Crippen LogP contribution in [0.2, 0.25) is 0 Å². The highest BCUT2D eigenvalue weighted by molar-refractivity contribution is 7.00. The lowest BCUT2D eigenvalue weighted by atomic mass is 9.33. The maximum atomic E-state index is 2.75. The van der Waals surface area contributed by atoms with Gasteiger partial charge >= 0.3 is 0 Å². The van der Waals surface area contributed by atoms with E-state index < -0.39 is 0 Å². The Hall–Kier alpha value is -9.12. The van der Waals surface area contributed by atoms with E-state index in [-0.39, 0.29) is 39.2 Å². The van der Waals surface area contributed by atoms with Gasteiger partial charge in [-0.25, -0.2) is 0 Å². The normalized spacial score (nSPS) is 13.8. The molecule has 0 N–H and O–H groups in total. The lowest BCUT2D eigenvalue weighted by molar-refractivity contribution is 0.590. The summed E-state index contributed by atoms with van der Waals surface area (Å²) in [5.41, 5.74) is 25.5. The van der Waals surface area contributed by atoms with Crippen molar-refractivity contribution in [2.45, 2.75) is 143 Å². The maximum Gasteiger partial charge on any atom is 0.252 e. The zero-order valence-electron chi connectivity index (χ0n) is 56.5. The van der Waals surface area contributed by atoms with E-state index in [1.807, 2.05) is 0 Å². The average molecular weight is 1190 g/mol. The third kappa shape index (κ3) is 7.95. The minimum absolute atomic E-state index is 0.0288. The number of rotatable bonds is 5. The van der Waals surface area contributed by atoms with Crippen LogP contribution in [0.15, 0.2) is 206 Å². The van der Waals surface area contributed by atoms with Gasteiger partial charge < -0.3 is 13.7 Å². The van der Waals surface area contributed by atoms with Crippen LogP contribution in [0, 0.1) is 0 Å². The fourth-order valence-corrected chi connectivity index (χ4v) is 16.6. The Balaban J connectivity index is 1.01. The van der Waals surface area contributed by atoms with E-state index in [9.17, 15) is 0 Å². The van der Waals surface area contributed by atoms with Crippen LogP contribution in [0.3, 0.4) is 0 Å². The summed E-state index contributed by atoms with van der Waals surface area (Å²) in [7, 11) is 0. The molecule has 0 fully saturated rings. The first kappa shape index (κ1) is 56.8. The molecule has 2 aliphatic heterocycles. The number of aromatic nitrogens is 3. The third-order valence-corrected chi connectivity index (χ3v) is 22.2. The molecule has 3 nitrogen and oxygen atoms in total. The SMILES string of the molecule is CC(C)(C)c1ccc2c(c1)c1cc(C(C)(C)C)cc3c1n2-c1cc2c4ccc(-n5c6ccc(C(C)(C)c7ccccc7)cc6c6cc(C(C)(C)c7ccccc7)ccc65)cc4c4ccccc4c2c2c1B3c1cc(C(C)(C)C)cc3c4cc(C(C)(C)C)ccc4n-2c13. The highest BCUT2D eigenvalue weighted by Crippen LogP contribution is 2.49. The van der Waals surface area contributed by atoms with Crippen molar-refractivity contribution in [3.05, 3.63) is 251 Å². The van der Waals surface area contributed by atoms with Crippen molar-refractivity contribution in [3.8, 4) is 17.1 Å². The lowest BCUT2D eigenvalue weighted by Crippen LogP contribution is -2.59. The average Bonchev–Trinajstić information content (AvgIpc) is 1.35. The second-order valence-electron chi connectivity index (χ2n) is 32.6. The summed E-state index contributed by atoms with van der Waals surface area (Å²) in [6.07, 6.45) is 0. The van der Waals surface area contributed by atoms with Crippen LogP contribution < -0.4 is 16.4 Å². The Labute approximate surface area is 542 Å². The summed E-state index contributed by atoms with van der Waals surface area (Å²) in [4.78, 5) is 0. The molecule has 452 valence electrons. The van der Waals surface area contributed by atoms with Gasteiger partial charge in [0.05, 0.1) is 27.8 Å². The van der Waals surface area contributed by atoms with Crippen molar-refractivity contribution in [2.24, 2.45) is 0 Å². The fourth-order valence-electron chi connectivity index (χ4n) is 16.6. The Morgan fingerprint density at radius 3 is 1.14 bits per heavy atom. The topological polar surface area (TPSA) is 14.8 Å². The van der Waals surface area contributed by atoms with Crippen molar-refractivity contribution in [2.75, 3.05) is 0 Å². The smallest absolute Gasteiger partial charge is 0.252 e. The fraction of sp³-hybridized carbons (Fsp3) is 0.250. The number of nitrogens with zero attached hydrogens (tertiary/aromatic N) is 3. The molecule has 92 heavy (non-hydrogen) atoms. The monoisotopic (exact) mass is 1190 g/mol. The molecule has 4 heteroatoms. The Kier molecular flexibility index (Phi) is 11.6. The Morgan fingerprint density at radius 1 is 0.261 bits per heavy atom. The van der Waals surface area contributed by atoms with E-state index in [0.717, 1.165) is 5.69 Å². The lowest BCUT2D eigenvalue weighted by Gasteiger charge is -2.36. The number of fused-ring (bicyclic) bond motifs is 20. The second-order valence-corrected chi connectivity index (χ2v) is 32.6. The molecular formula is C88H82BN3. The van der Waals surface area contributed by atoms with Crippen molar-refractivity contribution in [3.63, 3.8) is 0 Å². The molecule has 17 rings (SSSR count). The van der Waals surface area contributed by atoms with Crippen molar-refractivity contribution < 1.29 is 0 Å². The molecule has 0 bridgehead atoms. The molecule has 3 aromatic heterocycles. The minimum Gasteiger partial charge on any atom is -0.310 e. The summed E-state index contributed by atoms with van der Waals surface area (Å²) >= 11 is 0. The Bertz CT molecular complexity index is 5600. The maximum absolute atomic E-state index is 2.75. The highest BCUT2D eigenvalue weighted by Gasteiger charge is 2.44. The van der Waals surface area contributed by atoms with E-state index in [1.165, 1.54) is 170 Å². The van der Waals surface area contributed by atoms with E-state index in [1.54, 1.807) is 0 Å². The standard InChI is InChI=1S/C88H82BN3/c1-83(2,3)53-31-37-75-66(41-53)69-45-57(85(7,8)9)47-71-80(69)91(75)77-50-68-61-36-35-59(90-73-39-33-55(87(13,14)51-25-19-17-20-26-51)43-64(73)65-44-56(34-40-74(65)90)88(15,16)52-27-21-18-22-28-52)49-63(61)60-29-23-24-30-62(60)78(68)82-79(77)89(71)72-48-58(86(10,11)12)46-70-67-42-54(84(4,5)6)32-38-76(67)92(82)81(70)72/h17-50H,1-16H3. The molecule has 0 radical (unpaired) electrons. The molecular weight excluding hydrogens is 1110 g/mol. The van der Waals surface area contributed by atoms with Crippen LogP contribution in [0.5, 0.6) is 0 Å². The van der Waals surface area contributed by atoms with Gasteiger partial charge in [-0.3, -0.25) is 0 Å². The molecule has 15 aromatic rings. The number of benzene rings is 12. The molecule has 0 atom stereocenters. The van der Waals surface area contributed by atoms with Gasteiger partial charge in [0.1, 0.15) is 0 Å². The first-order valence-electron chi connectivity index (χ1n) is 33.6. The van der Waals surface area contributed by atoms with Gasteiger partial charge in [-0.2, -0.15) is 0 Å². The molecule has 12 aromatic carbocycles. The van der Waals surface area contributed by atoms with Gasteiger partial charge in [0.15, 0.2) is 0 Å². The van der Waals surface area contributed by atoms with Gasteiger partial charge in [-0.1, -0.05) is 238 Å². The van der Waals surface area contributed by atoms with Gasteiger partial charge in [0, 0.05) is 70.9 Å². The zero-order valence-corrected chi connectivity index (χ0v) is 56.5. The van der Waals surface area contributed by atoms with Crippen molar-refractivity contribution >= 4 is 121 Å². The van der Waals surface area contributed by atoms with Crippen LogP contribution in [0.1, 0.15) is 155 Å². The second kappa shape index (κ2) is 18.8. The molecule has 0 saturated heterocycles. The summed E-state index contributed by atoms with van der Waals surface area (Å²) in [5, 5.41) is 15.5. The van der Waals surface area contributed by atoms with Gasteiger partial charge in [-0.05, 0) is 188 Å². The van der Waals surface area contributed by atoms with E-state index in [4.69, 9.17) is 0 Å². The van der Waals surface area contributed by atoms with Crippen LogP contribution in [0.25, 0.3) is 115 Å². The Morgan fingerprint density at radius 2 is 0.652 bits per heavy atom. The van der Waals surface area contributed by atoms with Gasteiger partial charge in [-0.15, -0.1) is 0 Å². The van der Waals surface area contributed by atoms with E-state index >= 15 is 0 Å². The van der Waals surface area contributed by atoms with E-state index in [2.05, 4.69) is 331 Å². The largest absolute Gasteiger partial charge is 0.310 e. The molecule has 2 aliphatic rings. The van der Waals surface area contributed by atoms with Crippen LogP contribution >= 0.6 is 0 Å². The predicted molar refractivity (Wildman–Crippen MR) is 399 cm³/mol. The summed E-state index contributed by atoms with van der Waals surface area (Å²) in [6.45, 7) is 38.0. The predicted octanol–water partition coefficient (Wildman–Crippen LogP) is 21.4. The van der Waals surface area contributed by atoms with Crippen molar-refractivity contribution in [1.82, 2.24) is 13.7 Å². The summed E-state index contributed by atoms with van der Waals surface area (Å²) in [5.74, 6) is 0. The number of hydrogen-bond donors (Lipinski definition) is 0. The third-order valence-electron chi connectivity index (χ3n) is 22.2. The number of hydrogen-bond acceptors (Lipinski definition) is 0. The van der Waals surface area contributed by atoms with Crippen LogP contribution in [0.4, 0.5) is 0 Å². The first-order chi connectivity index (χ1) is 43.7. The molecule has 0 aliphatic carbocycles. The molecule has 0 saturated carbocycles. The molecule has 0 amide bonds.